The third-order valence-corrected chi connectivity index (χ3v) is 4.47. The van der Waals surface area contributed by atoms with E-state index in [-0.39, 0.29) is 12.0 Å². The molecule has 1 heterocycles. The SMILES string of the molecule is COc1cc(C)ccc1OCC1CN(C(=O)c2ccc(C)cc2)CCO1. The third kappa shape index (κ3) is 4.35. The first-order valence-electron chi connectivity index (χ1n) is 8.82. The maximum absolute atomic E-state index is 12.7. The van der Waals surface area contributed by atoms with Crippen molar-refractivity contribution in [1.82, 2.24) is 4.90 Å². The van der Waals surface area contributed by atoms with Crippen LogP contribution in [0.2, 0.25) is 0 Å². The lowest BCUT2D eigenvalue weighted by Crippen LogP contribution is -2.47. The fraction of sp³-hybridized carbons (Fsp3) is 0.381. The highest BCUT2D eigenvalue weighted by molar-refractivity contribution is 5.94. The molecule has 1 atom stereocenters. The third-order valence-electron chi connectivity index (χ3n) is 4.47. The van der Waals surface area contributed by atoms with Crippen molar-refractivity contribution in [2.75, 3.05) is 33.4 Å². The molecule has 1 amide bonds. The van der Waals surface area contributed by atoms with Crippen molar-refractivity contribution in [3.05, 3.63) is 59.2 Å². The van der Waals surface area contributed by atoms with Crippen molar-refractivity contribution >= 4 is 5.91 Å². The van der Waals surface area contributed by atoms with Gasteiger partial charge in [-0.3, -0.25) is 4.79 Å². The Morgan fingerprint density at radius 1 is 1.12 bits per heavy atom. The lowest BCUT2D eigenvalue weighted by atomic mass is 10.1. The smallest absolute Gasteiger partial charge is 0.254 e. The van der Waals surface area contributed by atoms with E-state index >= 15 is 0 Å². The second-order valence-electron chi connectivity index (χ2n) is 6.58. The molecule has 3 rings (SSSR count). The van der Waals surface area contributed by atoms with Gasteiger partial charge in [-0.25, -0.2) is 0 Å². The van der Waals surface area contributed by atoms with E-state index in [1.807, 2.05) is 61.2 Å². The van der Waals surface area contributed by atoms with Crippen LogP contribution in [0.15, 0.2) is 42.5 Å². The first kappa shape index (κ1) is 18.3. The largest absolute Gasteiger partial charge is 0.493 e. The first-order chi connectivity index (χ1) is 12.6. The van der Waals surface area contributed by atoms with Gasteiger partial charge in [0, 0.05) is 12.1 Å². The Kier molecular flexibility index (Phi) is 5.78. The molecule has 1 aliphatic heterocycles. The van der Waals surface area contributed by atoms with Gasteiger partial charge in [-0.05, 0) is 43.7 Å². The molecule has 0 aliphatic carbocycles. The summed E-state index contributed by atoms with van der Waals surface area (Å²) in [6, 6.07) is 13.5. The Bertz CT molecular complexity index is 757. The van der Waals surface area contributed by atoms with Gasteiger partial charge in [-0.15, -0.1) is 0 Å². The highest BCUT2D eigenvalue weighted by Gasteiger charge is 2.25. The van der Waals surface area contributed by atoms with Crippen molar-refractivity contribution in [2.45, 2.75) is 20.0 Å². The van der Waals surface area contributed by atoms with E-state index in [0.29, 0.717) is 43.4 Å². The summed E-state index contributed by atoms with van der Waals surface area (Å²) < 4.78 is 17.0. The predicted octanol–water partition coefficient (Wildman–Crippen LogP) is 3.23. The topological polar surface area (TPSA) is 48.0 Å². The summed E-state index contributed by atoms with van der Waals surface area (Å²) in [5.74, 6) is 1.42. The molecule has 0 radical (unpaired) electrons. The molecule has 5 nitrogen and oxygen atoms in total. The molecule has 0 aromatic heterocycles. The van der Waals surface area contributed by atoms with Crippen LogP contribution in [0.5, 0.6) is 11.5 Å². The van der Waals surface area contributed by atoms with E-state index < -0.39 is 0 Å². The number of morpholine rings is 1. The lowest BCUT2D eigenvalue weighted by molar-refractivity contribution is -0.0403. The standard InChI is InChI=1S/C21H25NO4/c1-15-4-7-17(8-5-15)21(23)22-10-11-25-18(13-22)14-26-19-9-6-16(2)12-20(19)24-3/h4-9,12,18H,10-11,13-14H2,1-3H3. The fourth-order valence-corrected chi connectivity index (χ4v) is 2.96. The molecular formula is C21H25NO4. The molecule has 1 aliphatic rings. The maximum atomic E-state index is 12.7. The summed E-state index contributed by atoms with van der Waals surface area (Å²) in [6.07, 6.45) is -0.163. The number of rotatable bonds is 5. The maximum Gasteiger partial charge on any atom is 0.254 e. The van der Waals surface area contributed by atoms with Crippen molar-refractivity contribution in [3.63, 3.8) is 0 Å². The molecule has 1 fully saturated rings. The minimum Gasteiger partial charge on any atom is -0.493 e. The Labute approximate surface area is 154 Å². The van der Waals surface area contributed by atoms with E-state index in [2.05, 4.69) is 0 Å². The van der Waals surface area contributed by atoms with Crippen LogP contribution in [0.3, 0.4) is 0 Å². The van der Waals surface area contributed by atoms with E-state index in [4.69, 9.17) is 14.2 Å². The first-order valence-corrected chi connectivity index (χ1v) is 8.82. The summed E-state index contributed by atoms with van der Waals surface area (Å²) in [5, 5.41) is 0. The Morgan fingerprint density at radius 3 is 2.58 bits per heavy atom. The van der Waals surface area contributed by atoms with E-state index in [0.717, 1.165) is 11.1 Å². The summed E-state index contributed by atoms with van der Waals surface area (Å²) >= 11 is 0. The molecule has 0 N–H and O–H groups in total. The summed E-state index contributed by atoms with van der Waals surface area (Å²) in [7, 11) is 1.63. The highest BCUT2D eigenvalue weighted by Crippen LogP contribution is 2.28. The molecule has 0 spiro atoms. The van der Waals surface area contributed by atoms with Gasteiger partial charge >= 0.3 is 0 Å². The minimum absolute atomic E-state index is 0.0335. The molecule has 2 aromatic rings. The quantitative estimate of drug-likeness (QED) is 0.826. The molecule has 2 aromatic carbocycles. The number of methoxy groups -OCH3 is 1. The molecular weight excluding hydrogens is 330 g/mol. The zero-order chi connectivity index (χ0) is 18.5. The molecule has 0 bridgehead atoms. The van der Waals surface area contributed by atoms with Crippen LogP contribution in [0.4, 0.5) is 0 Å². The molecule has 138 valence electrons. The molecule has 1 unspecified atom stereocenters. The van der Waals surface area contributed by atoms with Crippen LogP contribution < -0.4 is 9.47 Å². The molecule has 1 saturated heterocycles. The Balaban J connectivity index is 1.60. The number of carbonyl (C=O) groups excluding carboxylic acids is 1. The minimum atomic E-state index is -0.163. The normalized spacial score (nSPS) is 17.0. The number of nitrogens with zero attached hydrogens (tertiary/aromatic N) is 1. The Hall–Kier alpha value is -2.53. The average Bonchev–Trinajstić information content (AvgIpc) is 2.67. The molecule has 5 heteroatoms. The second kappa shape index (κ2) is 8.23. The number of ether oxygens (including phenoxy) is 3. The van der Waals surface area contributed by atoms with Crippen LogP contribution in [-0.4, -0.2) is 50.3 Å². The number of aryl methyl sites for hydroxylation is 2. The molecule has 0 saturated carbocycles. The van der Waals surface area contributed by atoms with E-state index in [9.17, 15) is 4.79 Å². The van der Waals surface area contributed by atoms with Crippen LogP contribution in [0, 0.1) is 13.8 Å². The Morgan fingerprint density at radius 2 is 1.85 bits per heavy atom. The summed E-state index contributed by atoms with van der Waals surface area (Å²) in [5.41, 5.74) is 2.96. The highest BCUT2D eigenvalue weighted by atomic mass is 16.5. The zero-order valence-corrected chi connectivity index (χ0v) is 15.5. The van der Waals surface area contributed by atoms with Crippen molar-refractivity contribution in [2.24, 2.45) is 0 Å². The number of hydrogen-bond donors (Lipinski definition) is 0. The van der Waals surface area contributed by atoms with Gasteiger partial charge in [0.1, 0.15) is 12.7 Å². The van der Waals surface area contributed by atoms with Gasteiger partial charge in [0.15, 0.2) is 11.5 Å². The lowest BCUT2D eigenvalue weighted by Gasteiger charge is -2.33. The number of benzene rings is 2. The predicted molar refractivity (Wildman–Crippen MR) is 100 cm³/mol. The number of carbonyl (C=O) groups is 1. The number of amides is 1. The summed E-state index contributed by atoms with van der Waals surface area (Å²) in [6.45, 7) is 6.01. The van der Waals surface area contributed by atoms with Crippen LogP contribution in [0.1, 0.15) is 21.5 Å². The van der Waals surface area contributed by atoms with Gasteiger partial charge < -0.3 is 19.1 Å². The average molecular weight is 355 g/mol. The van der Waals surface area contributed by atoms with Crippen molar-refractivity contribution in [3.8, 4) is 11.5 Å². The van der Waals surface area contributed by atoms with Crippen LogP contribution in [-0.2, 0) is 4.74 Å². The van der Waals surface area contributed by atoms with Crippen LogP contribution in [0.25, 0.3) is 0 Å². The van der Waals surface area contributed by atoms with Gasteiger partial charge in [0.25, 0.3) is 5.91 Å². The van der Waals surface area contributed by atoms with Gasteiger partial charge in [0.2, 0.25) is 0 Å². The van der Waals surface area contributed by atoms with Crippen molar-refractivity contribution < 1.29 is 19.0 Å². The fourth-order valence-electron chi connectivity index (χ4n) is 2.96. The van der Waals surface area contributed by atoms with E-state index in [1.165, 1.54) is 0 Å². The van der Waals surface area contributed by atoms with Gasteiger partial charge in [-0.1, -0.05) is 23.8 Å². The number of hydrogen-bond acceptors (Lipinski definition) is 4. The zero-order valence-electron chi connectivity index (χ0n) is 15.5. The van der Waals surface area contributed by atoms with Crippen LogP contribution >= 0.6 is 0 Å². The monoisotopic (exact) mass is 355 g/mol. The van der Waals surface area contributed by atoms with E-state index in [1.54, 1.807) is 7.11 Å². The van der Waals surface area contributed by atoms with Crippen molar-refractivity contribution in [1.29, 1.82) is 0 Å². The second-order valence-corrected chi connectivity index (χ2v) is 6.58. The molecule has 26 heavy (non-hydrogen) atoms. The summed E-state index contributed by atoms with van der Waals surface area (Å²) in [4.78, 5) is 14.5. The van der Waals surface area contributed by atoms with Gasteiger partial charge in [0.05, 0.1) is 20.3 Å². The van der Waals surface area contributed by atoms with Gasteiger partial charge in [-0.2, -0.15) is 0 Å².